The van der Waals surface area contributed by atoms with Gasteiger partial charge in [-0.15, -0.1) is 0 Å². The highest BCUT2D eigenvalue weighted by atomic mass is 16.6. The van der Waals surface area contributed by atoms with Crippen LogP contribution < -0.4 is 9.47 Å². The topological polar surface area (TPSA) is 127 Å². The van der Waals surface area contributed by atoms with Gasteiger partial charge in [-0.3, -0.25) is 0 Å². The summed E-state index contributed by atoms with van der Waals surface area (Å²) in [6.07, 6.45) is 44.5. The molecule has 0 fully saturated rings. The maximum atomic E-state index is 12.5. The van der Waals surface area contributed by atoms with Crippen molar-refractivity contribution in [1.82, 2.24) is 0 Å². The molecule has 2 unspecified atom stereocenters. The number of esters is 2. The number of allylic oxidation sites excluding steroid dienone is 1. The average molecular weight is 1020 g/mol. The van der Waals surface area contributed by atoms with Crippen LogP contribution >= 0.6 is 0 Å². The molecule has 0 saturated carbocycles. The number of carboxylic acid groups (broad SMARTS) is 1. The summed E-state index contributed by atoms with van der Waals surface area (Å²) in [5.41, 5.74) is 1.70. The van der Waals surface area contributed by atoms with Gasteiger partial charge in [-0.05, 0) is 19.3 Å². The fourth-order valence-electron chi connectivity index (χ4n) is 9.81. The highest BCUT2D eigenvalue weighted by Crippen LogP contribution is 2.44. The van der Waals surface area contributed by atoms with E-state index >= 15 is 0 Å². The van der Waals surface area contributed by atoms with Gasteiger partial charge >= 0.3 is 17.9 Å². The SMILES string of the molecule is C=CC(=O)OC(COCCCCCCCCCCCCCCCCCC)COc1c2c(c(OCC(COCCCCCCCCCCCCCCCCCC)OC(=O)C=C)c3ccccc13)CC(C(=O)O)=CC2. The third kappa shape index (κ3) is 28.4. The van der Waals surface area contributed by atoms with Gasteiger partial charge in [-0.25, -0.2) is 14.4 Å². The van der Waals surface area contributed by atoms with Gasteiger partial charge in [0, 0.05) is 59.3 Å². The number of benzene rings is 2. The zero-order valence-electron chi connectivity index (χ0n) is 46.0. The van der Waals surface area contributed by atoms with Crippen LogP contribution in [0.15, 0.2) is 61.2 Å². The van der Waals surface area contributed by atoms with E-state index in [1.807, 2.05) is 24.3 Å². The first-order chi connectivity index (χ1) is 35.8. The van der Waals surface area contributed by atoms with Gasteiger partial charge in [0.2, 0.25) is 0 Å². The van der Waals surface area contributed by atoms with Gasteiger partial charge in [0.1, 0.15) is 24.7 Å². The predicted molar refractivity (Wildman–Crippen MR) is 299 cm³/mol. The molecule has 0 aromatic heterocycles. The molecule has 10 nitrogen and oxygen atoms in total. The lowest BCUT2D eigenvalue weighted by atomic mass is 9.87. The standard InChI is InChI=1S/C63H100O10/c1-5-9-11-13-15-17-19-21-23-25-27-29-31-33-35-39-45-68-48-53(72-59(64)7-3)50-70-61-55-41-37-38-42-56(55)62(58-47-52(63(66)67)43-44-57(58)61)71-51-54(73-60(65)8-4)49-69-46-40-36-34-32-30-28-26-24-22-20-18-16-14-12-10-6-2/h7-8,37-38,41-43,53-54H,3-6,9-36,39-40,44-51H2,1-2H3,(H,66,67). The first kappa shape index (κ1) is 63.1. The van der Waals surface area contributed by atoms with Crippen LogP contribution in [0, 0.1) is 0 Å². The number of carbonyl (C=O) groups excluding carboxylic acids is 2. The number of aliphatic carboxylic acids is 1. The quantitative estimate of drug-likeness (QED) is 0.0389. The largest absolute Gasteiger partial charge is 0.489 e. The number of carboxylic acids is 1. The van der Waals surface area contributed by atoms with Gasteiger partial charge in [-0.2, -0.15) is 0 Å². The maximum Gasteiger partial charge on any atom is 0.331 e. The average Bonchev–Trinajstić information content (AvgIpc) is 3.40. The van der Waals surface area contributed by atoms with Crippen molar-refractivity contribution in [2.75, 3.05) is 39.6 Å². The summed E-state index contributed by atoms with van der Waals surface area (Å²) in [6.45, 7) is 13.1. The monoisotopic (exact) mass is 1020 g/mol. The smallest absolute Gasteiger partial charge is 0.331 e. The van der Waals surface area contributed by atoms with E-state index in [9.17, 15) is 19.5 Å². The number of carbonyl (C=O) groups is 3. The van der Waals surface area contributed by atoms with Crippen LogP contribution in [0.1, 0.15) is 230 Å². The Morgan fingerprint density at radius 2 is 0.822 bits per heavy atom. The van der Waals surface area contributed by atoms with Crippen LogP contribution in [0.4, 0.5) is 0 Å². The Balaban J connectivity index is 1.50. The molecule has 412 valence electrons. The molecule has 2 aromatic carbocycles. The van der Waals surface area contributed by atoms with Crippen molar-refractivity contribution < 1.29 is 47.9 Å². The van der Waals surface area contributed by atoms with E-state index in [1.165, 1.54) is 180 Å². The van der Waals surface area contributed by atoms with Crippen molar-refractivity contribution in [3.05, 3.63) is 72.4 Å². The van der Waals surface area contributed by atoms with Crippen LogP contribution in [-0.4, -0.2) is 74.9 Å². The number of unbranched alkanes of at least 4 members (excludes halogenated alkanes) is 30. The zero-order valence-corrected chi connectivity index (χ0v) is 46.0. The van der Waals surface area contributed by atoms with Crippen LogP contribution in [0.5, 0.6) is 11.5 Å². The van der Waals surface area contributed by atoms with Crippen LogP contribution in [0.2, 0.25) is 0 Å². The molecule has 0 amide bonds. The lowest BCUT2D eigenvalue weighted by Gasteiger charge is -2.27. The third-order valence-corrected chi connectivity index (χ3v) is 14.1. The molecule has 0 radical (unpaired) electrons. The van der Waals surface area contributed by atoms with E-state index in [2.05, 4.69) is 27.0 Å². The van der Waals surface area contributed by atoms with Crippen molar-refractivity contribution in [2.45, 2.75) is 244 Å². The van der Waals surface area contributed by atoms with E-state index < -0.39 is 30.1 Å². The summed E-state index contributed by atoms with van der Waals surface area (Å²) in [4.78, 5) is 37.3. The molecule has 73 heavy (non-hydrogen) atoms. The molecule has 0 heterocycles. The van der Waals surface area contributed by atoms with Crippen molar-refractivity contribution in [1.29, 1.82) is 0 Å². The fourth-order valence-corrected chi connectivity index (χ4v) is 9.81. The molecule has 10 heteroatoms. The normalized spacial score (nSPS) is 13.0. The Labute approximate surface area is 442 Å². The van der Waals surface area contributed by atoms with Gasteiger partial charge in [0.15, 0.2) is 12.2 Å². The van der Waals surface area contributed by atoms with E-state index in [0.717, 1.165) is 48.8 Å². The van der Waals surface area contributed by atoms with Gasteiger partial charge < -0.3 is 33.5 Å². The highest BCUT2D eigenvalue weighted by molar-refractivity contribution is 5.98. The minimum absolute atomic E-state index is 0.0149. The number of ether oxygens (including phenoxy) is 6. The van der Waals surface area contributed by atoms with Crippen LogP contribution in [-0.2, 0) is 46.2 Å². The highest BCUT2D eigenvalue weighted by Gasteiger charge is 2.28. The Bertz CT molecular complexity index is 1840. The van der Waals surface area contributed by atoms with Gasteiger partial charge in [-0.1, -0.05) is 250 Å². The Hall–Kier alpha value is -4.15. The molecule has 0 saturated heterocycles. The molecule has 0 spiro atoms. The molecule has 1 aliphatic carbocycles. The second kappa shape index (κ2) is 42.1. The number of hydrogen-bond acceptors (Lipinski definition) is 9. The van der Waals surface area contributed by atoms with Crippen LogP contribution in [0.3, 0.4) is 0 Å². The zero-order chi connectivity index (χ0) is 52.4. The number of rotatable bonds is 49. The first-order valence-electron chi connectivity index (χ1n) is 29.4. The minimum atomic E-state index is -1.01. The molecule has 0 aliphatic heterocycles. The molecule has 2 atom stereocenters. The molecular formula is C63H100O10. The molecule has 1 N–H and O–H groups in total. The Kier molecular flexibility index (Phi) is 36.4. The second-order valence-corrected chi connectivity index (χ2v) is 20.5. The van der Waals surface area contributed by atoms with Crippen molar-refractivity contribution in [3.63, 3.8) is 0 Å². The third-order valence-electron chi connectivity index (χ3n) is 14.1. The van der Waals surface area contributed by atoms with E-state index in [1.54, 1.807) is 6.08 Å². The summed E-state index contributed by atoms with van der Waals surface area (Å²) in [5.74, 6) is -1.09. The van der Waals surface area contributed by atoms with Crippen LogP contribution in [0.25, 0.3) is 10.8 Å². The molecular weight excluding hydrogens is 917 g/mol. The van der Waals surface area contributed by atoms with Crippen molar-refractivity contribution in [3.8, 4) is 11.5 Å². The lowest BCUT2D eigenvalue weighted by Crippen LogP contribution is -2.30. The lowest BCUT2D eigenvalue weighted by molar-refractivity contribution is -0.148. The fraction of sp³-hybridized carbons (Fsp3) is 0.698. The van der Waals surface area contributed by atoms with E-state index in [4.69, 9.17) is 28.4 Å². The molecule has 1 aliphatic rings. The molecule has 2 aromatic rings. The van der Waals surface area contributed by atoms with E-state index in [-0.39, 0.29) is 44.8 Å². The summed E-state index contributed by atoms with van der Waals surface area (Å²) in [5, 5.41) is 11.6. The number of fused-ring (bicyclic) bond motifs is 2. The van der Waals surface area contributed by atoms with Crippen molar-refractivity contribution >= 4 is 28.7 Å². The number of hydrogen-bond donors (Lipinski definition) is 1. The molecule has 3 rings (SSSR count). The summed E-state index contributed by atoms with van der Waals surface area (Å²) >= 11 is 0. The molecule has 0 bridgehead atoms. The second-order valence-electron chi connectivity index (χ2n) is 20.5. The minimum Gasteiger partial charge on any atom is -0.489 e. The first-order valence-corrected chi connectivity index (χ1v) is 29.4. The van der Waals surface area contributed by atoms with E-state index in [0.29, 0.717) is 35.7 Å². The Morgan fingerprint density at radius 1 is 0.493 bits per heavy atom. The summed E-state index contributed by atoms with van der Waals surface area (Å²) in [7, 11) is 0. The summed E-state index contributed by atoms with van der Waals surface area (Å²) in [6, 6.07) is 7.64. The summed E-state index contributed by atoms with van der Waals surface area (Å²) < 4.78 is 36.6. The van der Waals surface area contributed by atoms with Gasteiger partial charge in [0.05, 0.1) is 13.2 Å². The maximum absolute atomic E-state index is 12.5. The predicted octanol–water partition coefficient (Wildman–Crippen LogP) is 16.5. The van der Waals surface area contributed by atoms with Gasteiger partial charge in [0.25, 0.3) is 0 Å². The van der Waals surface area contributed by atoms with Crippen molar-refractivity contribution in [2.24, 2.45) is 0 Å². The Morgan fingerprint density at radius 3 is 1.15 bits per heavy atom.